The number of carboxylic acid groups (broad SMARTS) is 1. The number of benzene rings is 2. The molecule has 0 amide bonds. The number of unbranched alkanes of at least 4 members (excludes halogenated alkanes) is 3. The van der Waals surface area contributed by atoms with Crippen molar-refractivity contribution in [3.8, 4) is 5.75 Å². The van der Waals surface area contributed by atoms with E-state index in [2.05, 4.69) is 6.92 Å². The first-order chi connectivity index (χ1) is 9.74. The summed E-state index contributed by atoms with van der Waals surface area (Å²) in [5.74, 6) is -0.474. The first kappa shape index (κ1) is 14.4. The molecule has 0 atom stereocenters. The van der Waals surface area contributed by atoms with Crippen molar-refractivity contribution < 1.29 is 14.6 Å². The predicted molar refractivity (Wildman–Crippen MR) is 80.5 cm³/mol. The molecule has 3 heteroatoms. The molecule has 0 saturated carbocycles. The Hall–Kier alpha value is -2.03. The van der Waals surface area contributed by atoms with Crippen LogP contribution in [0.25, 0.3) is 10.8 Å². The Morgan fingerprint density at radius 1 is 1.10 bits per heavy atom. The summed E-state index contributed by atoms with van der Waals surface area (Å²) >= 11 is 0. The summed E-state index contributed by atoms with van der Waals surface area (Å²) in [5, 5.41) is 11.1. The lowest BCUT2D eigenvalue weighted by atomic mass is 10.0. The van der Waals surface area contributed by atoms with E-state index in [1.54, 1.807) is 6.07 Å². The van der Waals surface area contributed by atoms with Crippen molar-refractivity contribution in [1.82, 2.24) is 0 Å². The van der Waals surface area contributed by atoms with E-state index < -0.39 is 5.97 Å². The Morgan fingerprint density at radius 3 is 2.65 bits per heavy atom. The van der Waals surface area contributed by atoms with Crippen LogP contribution in [0.1, 0.15) is 43.0 Å². The fraction of sp³-hybridized carbons (Fsp3) is 0.353. The zero-order valence-corrected chi connectivity index (χ0v) is 11.8. The predicted octanol–water partition coefficient (Wildman–Crippen LogP) is 4.50. The van der Waals surface area contributed by atoms with E-state index in [4.69, 9.17) is 4.74 Å². The number of ether oxygens (including phenoxy) is 1. The molecule has 0 heterocycles. The number of carbonyl (C=O) groups is 1. The van der Waals surface area contributed by atoms with E-state index in [1.807, 2.05) is 30.3 Å². The van der Waals surface area contributed by atoms with Crippen LogP contribution in [0.2, 0.25) is 0 Å². The van der Waals surface area contributed by atoms with Gasteiger partial charge in [0.25, 0.3) is 0 Å². The molecule has 0 aliphatic carbocycles. The molecule has 20 heavy (non-hydrogen) atoms. The van der Waals surface area contributed by atoms with Gasteiger partial charge in [-0.15, -0.1) is 0 Å². The Morgan fingerprint density at radius 2 is 1.90 bits per heavy atom. The molecule has 0 bridgehead atoms. The first-order valence-corrected chi connectivity index (χ1v) is 7.12. The van der Waals surface area contributed by atoms with Crippen LogP contribution < -0.4 is 4.74 Å². The number of hydrogen-bond donors (Lipinski definition) is 1. The van der Waals surface area contributed by atoms with Crippen molar-refractivity contribution in [2.45, 2.75) is 32.6 Å². The number of fused-ring (bicyclic) bond motifs is 1. The van der Waals surface area contributed by atoms with Crippen LogP contribution in [0.3, 0.4) is 0 Å². The Kier molecular flexibility index (Phi) is 4.99. The highest BCUT2D eigenvalue weighted by molar-refractivity contribution is 6.06. The van der Waals surface area contributed by atoms with Gasteiger partial charge in [0, 0.05) is 0 Å². The molecule has 0 unspecified atom stereocenters. The van der Waals surface area contributed by atoms with Gasteiger partial charge < -0.3 is 9.84 Å². The molecule has 2 rings (SSSR count). The van der Waals surface area contributed by atoms with E-state index in [9.17, 15) is 9.90 Å². The monoisotopic (exact) mass is 272 g/mol. The summed E-state index contributed by atoms with van der Waals surface area (Å²) < 4.78 is 5.67. The molecule has 1 N–H and O–H groups in total. The lowest BCUT2D eigenvalue weighted by Gasteiger charge is -2.11. The molecule has 0 spiro atoms. The first-order valence-electron chi connectivity index (χ1n) is 7.12. The highest BCUT2D eigenvalue weighted by Crippen LogP contribution is 2.28. The largest absolute Gasteiger partial charge is 0.493 e. The van der Waals surface area contributed by atoms with Crippen molar-refractivity contribution >= 4 is 16.7 Å². The maximum absolute atomic E-state index is 11.5. The lowest BCUT2D eigenvalue weighted by Crippen LogP contribution is -2.05. The third-order valence-electron chi connectivity index (χ3n) is 3.36. The van der Waals surface area contributed by atoms with Crippen molar-refractivity contribution in [1.29, 1.82) is 0 Å². The zero-order valence-electron chi connectivity index (χ0n) is 11.8. The maximum Gasteiger partial charge on any atom is 0.340 e. The normalized spacial score (nSPS) is 10.7. The highest BCUT2D eigenvalue weighted by atomic mass is 16.5. The average molecular weight is 272 g/mol. The fourth-order valence-electron chi connectivity index (χ4n) is 2.30. The molecule has 2 aromatic carbocycles. The second-order valence-electron chi connectivity index (χ2n) is 4.87. The minimum Gasteiger partial charge on any atom is -0.493 e. The third kappa shape index (κ3) is 3.29. The summed E-state index contributed by atoms with van der Waals surface area (Å²) in [6.07, 6.45) is 4.44. The molecule has 0 aliphatic rings. The second kappa shape index (κ2) is 6.94. The molecule has 3 nitrogen and oxygen atoms in total. The highest BCUT2D eigenvalue weighted by Gasteiger charge is 2.15. The van der Waals surface area contributed by atoms with E-state index >= 15 is 0 Å². The van der Waals surface area contributed by atoms with Gasteiger partial charge in [-0.3, -0.25) is 0 Å². The van der Waals surface area contributed by atoms with Gasteiger partial charge in [0.2, 0.25) is 0 Å². The molecule has 0 aromatic heterocycles. The van der Waals surface area contributed by atoms with Crippen molar-refractivity contribution in [3.05, 3.63) is 42.0 Å². The second-order valence-corrected chi connectivity index (χ2v) is 4.87. The van der Waals surface area contributed by atoms with Crippen LogP contribution in [0.15, 0.2) is 36.4 Å². The zero-order chi connectivity index (χ0) is 14.4. The van der Waals surface area contributed by atoms with Gasteiger partial charge in [0.15, 0.2) is 0 Å². The molecule has 2 aromatic rings. The minimum atomic E-state index is -0.939. The molecule has 0 saturated heterocycles. The van der Waals surface area contributed by atoms with Crippen LogP contribution in [0, 0.1) is 0 Å². The van der Waals surface area contributed by atoms with Crippen LogP contribution >= 0.6 is 0 Å². The molecular weight excluding hydrogens is 252 g/mol. The summed E-state index contributed by atoms with van der Waals surface area (Å²) in [7, 11) is 0. The average Bonchev–Trinajstić information content (AvgIpc) is 2.46. The number of carboxylic acids is 1. The number of rotatable bonds is 7. The van der Waals surface area contributed by atoms with Crippen LogP contribution in [0.5, 0.6) is 5.75 Å². The van der Waals surface area contributed by atoms with Crippen molar-refractivity contribution in [2.24, 2.45) is 0 Å². The van der Waals surface area contributed by atoms with Gasteiger partial charge in [-0.2, -0.15) is 0 Å². The molecular formula is C17H20O3. The van der Waals surface area contributed by atoms with E-state index in [-0.39, 0.29) is 5.56 Å². The topological polar surface area (TPSA) is 46.5 Å². The Labute approximate surface area is 119 Å². The Bertz CT molecular complexity index is 590. The Balaban J connectivity index is 2.20. The third-order valence-corrected chi connectivity index (χ3v) is 3.36. The van der Waals surface area contributed by atoms with E-state index in [1.165, 1.54) is 12.8 Å². The maximum atomic E-state index is 11.5. The van der Waals surface area contributed by atoms with Crippen LogP contribution in [-0.2, 0) is 0 Å². The van der Waals surface area contributed by atoms with Crippen LogP contribution in [0.4, 0.5) is 0 Å². The van der Waals surface area contributed by atoms with Gasteiger partial charge in [0.1, 0.15) is 11.3 Å². The van der Waals surface area contributed by atoms with Gasteiger partial charge in [-0.1, -0.05) is 56.5 Å². The van der Waals surface area contributed by atoms with Crippen molar-refractivity contribution in [2.75, 3.05) is 6.61 Å². The summed E-state index contributed by atoms with van der Waals surface area (Å²) in [6, 6.07) is 11.1. The molecule has 0 radical (unpaired) electrons. The molecule has 106 valence electrons. The fourth-order valence-corrected chi connectivity index (χ4v) is 2.30. The molecule has 0 fully saturated rings. The van der Waals surface area contributed by atoms with Gasteiger partial charge in [0.05, 0.1) is 6.61 Å². The molecule has 0 aliphatic heterocycles. The van der Waals surface area contributed by atoms with Crippen molar-refractivity contribution in [3.63, 3.8) is 0 Å². The van der Waals surface area contributed by atoms with E-state index in [0.29, 0.717) is 12.4 Å². The summed E-state index contributed by atoms with van der Waals surface area (Å²) in [4.78, 5) is 11.5. The standard InChI is InChI=1S/C17H20O3/c1-2-3-4-7-12-20-15-11-10-13-8-5-6-9-14(13)16(15)17(18)19/h5-6,8-11H,2-4,7,12H2,1H3,(H,18,19). The number of aromatic carboxylic acids is 1. The van der Waals surface area contributed by atoms with Gasteiger partial charge in [-0.25, -0.2) is 4.79 Å². The lowest BCUT2D eigenvalue weighted by molar-refractivity contribution is 0.0694. The number of hydrogen-bond acceptors (Lipinski definition) is 2. The SMILES string of the molecule is CCCCCCOc1ccc2ccccc2c1C(=O)O. The smallest absolute Gasteiger partial charge is 0.340 e. The van der Waals surface area contributed by atoms with Gasteiger partial charge >= 0.3 is 5.97 Å². The van der Waals surface area contributed by atoms with Crippen LogP contribution in [-0.4, -0.2) is 17.7 Å². The quantitative estimate of drug-likeness (QED) is 0.755. The minimum absolute atomic E-state index is 0.263. The summed E-state index contributed by atoms with van der Waals surface area (Å²) in [5.41, 5.74) is 0.263. The van der Waals surface area contributed by atoms with E-state index in [0.717, 1.165) is 23.6 Å². The van der Waals surface area contributed by atoms with Gasteiger partial charge in [-0.05, 0) is 23.3 Å². The summed E-state index contributed by atoms with van der Waals surface area (Å²) in [6.45, 7) is 2.73.